The van der Waals surface area contributed by atoms with Gasteiger partial charge < -0.3 is 15.5 Å². The van der Waals surface area contributed by atoms with Crippen LogP contribution in [0.3, 0.4) is 0 Å². The summed E-state index contributed by atoms with van der Waals surface area (Å²) in [6.07, 6.45) is 0.490. The number of thiophene rings is 1. The minimum absolute atomic E-state index is 0.183. The van der Waals surface area contributed by atoms with Gasteiger partial charge in [0, 0.05) is 42.4 Å². The quantitative estimate of drug-likeness (QED) is 0.570. The highest BCUT2D eigenvalue weighted by molar-refractivity contribution is 7.11. The standard InChI is InChI=1S/C16H28N4OS/c1-5-17-16(19-12-14-9-8-13(4)22-14)18-11-10-15(21)20(6-2)7-3/h8-9H,5-7,10-12H2,1-4H3,(H2,17,18,19). The van der Waals surface area contributed by atoms with Crippen LogP contribution in [-0.4, -0.2) is 42.9 Å². The average molecular weight is 324 g/mol. The number of rotatable bonds is 8. The van der Waals surface area contributed by atoms with Gasteiger partial charge in [0.05, 0.1) is 6.54 Å². The molecule has 0 saturated carbocycles. The van der Waals surface area contributed by atoms with Crippen molar-refractivity contribution in [3.05, 3.63) is 21.9 Å². The van der Waals surface area contributed by atoms with Crippen molar-refractivity contribution < 1.29 is 4.79 Å². The second-order valence-corrected chi connectivity index (χ2v) is 6.32. The van der Waals surface area contributed by atoms with E-state index in [0.717, 1.165) is 25.6 Å². The fourth-order valence-corrected chi connectivity index (χ4v) is 2.91. The zero-order chi connectivity index (χ0) is 16.4. The second kappa shape index (κ2) is 10.2. The van der Waals surface area contributed by atoms with Crippen LogP contribution in [0.15, 0.2) is 17.1 Å². The summed E-state index contributed by atoms with van der Waals surface area (Å²) in [6, 6.07) is 4.22. The lowest BCUT2D eigenvalue weighted by molar-refractivity contribution is -0.130. The van der Waals surface area contributed by atoms with Crippen LogP contribution in [-0.2, 0) is 11.3 Å². The number of nitrogens with one attached hydrogen (secondary N) is 2. The van der Waals surface area contributed by atoms with Crippen molar-refractivity contribution in [2.75, 3.05) is 26.2 Å². The van der Waals surface area contributed by atoms with Crippen molar-refractivity contribution in [1.29, 1.82) is 0 Å². The molecule has 0 aliphatic carbocycles. The van der Waals surface area contributed by atoms with E-state index in [9.17, 15) is 4.79 Å². The van der Waals surface area contributed by atoms with Gasteiger partial charge >= 0.3 is 0 Å². The molecule has 0 radical (unpaired) electrons. The predicted octanol–water partition coefficient (Wildman–Crippen LogP) is 2.37. The number of nitrogens with zero attached hydrogens (tertiary/aromatic N) is 2. The van der Waals surface area contributed by atoms with Gasteiger partial charge in [0.15, 0.2) is 5.96 Å². The largest absolute Gasteiger partial charge is 0.357 e. The molecule has 5 nitrogen and oxygen atoms in total. The molecule has 1 aromatic heterocycles. The first kappa shape index (κ1) is 18.5. The third-order valence-electron chi connectivity index (χ3n) is 3.28. The van der Waals surface area contributed by atoms with Gasteiger partial charge in [-0.25, -0.2) is 4.99 Å². The van der Waals surface area contributed by atoms with Crippen LogP contribution >= 0.6 is 11.3 Å². The molecular formula is C16H28N4OS. The van der Waals surface area contributed by atoms with Gasteiger partial charge in [-0.15, -0.1) is 11.3 Å². The maximum absolute atomic E-state index is 12.0. The smallest absolute Gasteiger partial charge is 0.224 e. The maximum atomic E-state index is 12.0. The van der Waals surface area contributed by atoms with Gasteiger partial charge in [0.25, 0.3) is 0 Å². The Labute approximate surface area is 137 Å². The Morgan fingerprint density at radius 3 is 2.50 bits per heavy atom. The van der Waals surface area contributed by atoms with Gasteiger partial charge in [0.1, 0.15) is 0 Å². The summed E-state index contributed by atoms with van der Waals surface area (Å²) in [5.41, 5.74) is 0. The van der Waals surface area contributed by atoms with E-state index in [4.69, 9.17) is 0 Å². The first-order valence-corrected chi connectivity index (χ1v) is 8.77. The third kappa shape index (κ3) is 6.47. The third-order valence-corrected chi connectivity index (χ3v) is 4.27. The molecule has 0 bridgehead atoms. The summed E-state index contributed by atoms with van der Waals surface area (Å²) in [7, 11) is 0. The molecule has 1 rings (SSSR count). The van der Waals surface area contributed by atoms with Crippen molar-refractivity contribution in [3.63, 3.8) is 0 Å². The van der Waals surface area contributed by atoms with Crippen molar-refractivity contribution in [1.82, 2.24) is 15.5 Å². The molecule has 22 heavy (non-hydrogen) atoms. The first-order valence-electron chi connectivity index (χ1n) is 7.95. The van der Waals surface area contributed by atoms with Gasteiger partial charge in [0.2, 0.25) is 5.91 Å². The molecule has 0 atom stereocenters. The highest BCUT2D eigenvalue weighted by atomic mass is 32.1. The van der Waals surface area contributed by atoms with Crippen LogP contribution in [0.25, 0.3) is 0 Å². The highest BCUT2D eigenvalue weighted by Crippen LogP contribution is 2.15. The Morgan fingerprint density at radius 1 is 1.23 bits per heavy atom. The number of aryl methyl sites for hydroxylation is 1. The summed E-state index contributed by atoms with van der Waals surface area (Å²) in [6.45, 7) is 11.7. The number of aliphatic imine (C=N–C) groups is 1. The van der Waals surface area contributed by atoms with Crippen molar-refractivity contribution in [2.24, 2.45) is 4.99 Å². The number of hydrogen-bond acceptors (Lipinski definition) is 3. The Kier molecular flexibility index (Phi) is 8.58. The first-order chi connectivity index (χ1) is 10.6. The fraction of sp³-hybridized carbons (Fsp3) is 0.625. The van der Waals surface area contributed by atoms with E-state index in [1.165, 1.54) is 9.75 Å². The number of guanidine groups is 1. The van der Waals surface area contributed by atoms with E-state index in [1.54, 1.807) is 11.3 Å². The number of hydrogen-bond donors (Lipinski definition) is 2. The molecule has 0 unspecified atom stereocenters. The summed E-state index contributed by atoms with van der Waals surface area (Å²) < 4.78 is 0. The molecular weight excluding hydrogens is 296 g/mol. The minimum Gasteiger partial charge on any atom is -0.357 e. The van der Waals surface area contributed by atoms with Crippen molar-refractivity contribution >= 4 is 23.2 Å². The van der Waals surface area contributed by atoms with Gasteiger partial charge in [-0.2, -0.15) is 0 Å². The summed E-state index contributed by atoms with van der Waals surface area (Å²) in [5.74, 6) is 0.947. The highest BCUT2D eigenvalue weighted by Gasteiger charge is 2.09. The Morgan fingerprint density at radius 2 is 1.95 bits per heavy atom. The normalized spacial score (nSPS) is 11.4. The molecule has 0 spiro atoms. The molecule has 0 aliphatic rings. The number of carbonyl (C=O) groups is 1. The number of carbonyl (C=O) groups excluding carboxylic acids is 1. The minimum atomic E-state index is 0.183. The van der Waals surface area contributed by atoms with Crippen molar-refractivity contribution in [2.45, 2.75) is 40.7 Å². The molecule has 6 heteroatoms. The van der Waals surface area contributed by atoms with E-state index < -0.39 is 0 Å². The lowest BCUT2D eigenvalue weighted by atomic mass is 10.3. The molecule has 2 N–H and O–H groups in total. The molecule has 0 aliphatic heterocycles. The zero-order valence-electron chi connectivity index (χ0n) is 14.1. The molecule has 0 saturated heterocycles. The topological polar surface area (TPSA) is 56.7 Å². The molecule has 124 valence electrons. The van der Waals surface area contributed by atoms with Crippen LogP contribution in [0, 0.1) is 6.92 Å². The number of amides is 1. The maximum Gasteiger partial charge on any atom is 0.224 e. The van der Waals surface area contributed by atoms with Crippen LogP contribution in [0.1, 0.15) is 36.9 Å². The van der Waals surface area contributed by atoms with Gasteiger partial charge in [-0.1, -0.05) is 0 Å². The zero-order valence-corrected chi connectivity index (χ0v) is 14.9. The predicted molar refractivity (Wildman–Crippen MR) is 94.4 cm³/mol. The Hall–Kier alpha value is -1.56. The summed E-state index contributed by atoms with van der Waals surface area (Å²) in [5, 5.41) is 6.44. The van der Waals surface area contributed by atoms with E-state index in [0.29, 0.717) is 19.5 Å². The van der Waals surface area contributed by atoms with Crippen LogP contribution in [0.5, 0.6) is 0 Å². The van der Waals surface area contributed by atoms with E-state index in [-0.39, 0.29) is 5.91 Å². The molecule has 0 fully saturated rings. The second-order valence-electron chi connectivity index (χ2n) is 4.95. The Bertz CT molecular complexity index is 480. The monoisotopic (exact) mass is 324 g/mol. The van der Waals surface area contributed by atoms with E-state index >= 15 is 0 Å². The summed E-state index contributed by atoms with van der Waals surface area (Å²) in [4.78, 5) is 20.9. The van der Waals surface area contributed by atoms with E-state index in [2.05, 4.69) is 34.7 Å². The lowest BCUT2D eigenvalue weighted by Gasteiger charge is -2.19. The van der Waals surface area contributed by atoms with E-state index in [1.807, 2.05) is 25.7 Å². The average Bonchev–Trinajstić information content (AvgIpc) is 2.91. The Balaban J connectivity index is 2.45. The molecule has 1 amide bonds. The lowest BCUT2D eigenvalue weighted by Crippen LogP contribution is -2.40. The summed E-state index contributed by atoms with van der Waals surface area (Å²) >= 11 is 1.76. The van der Waals surface area contributed by atoms with Crippen molar-refractivity contribution in [3.8, 4) is 0 Å². The molecule has 1 aromatic rings. The molecule has 0 aromatic carbocycles. The van der Waals surface area contributed by atoms with Crippen LogP contribution in [0.2, 0.25) is 0 Å². The van der Waals surface area contributed by atoms with Gasteiger partial charge in [-0.05, 0) is 39.8 Å². The fourth-order valence-electron chi connectivity index (χ4n) is 2.09. The van der Waals surface area contributed by atoms with Gasteiger partial charge in [-0.3, -0.25) is 4.79 Å². The molecule has 1 heterocycles. The van der Waals surface area contributed by atoms with Crippen LogP contribution in [0.4, 0.5) is 0 Å². The van der Waals surface area contributed by atoms with Crippen LogP contribution < -0.4 is 10.6 Å². The SMILES string of the molecule is CCNC(=NCc1ccc(C)s1)NCCC(=O)N(CC)CC.